The molecule has 0 aliphatic rings. The summed E-state index contributed by atoms with van der Waals surface area (Å²) in [5, 5.41) is 9.52. The Morgan fingerprint density at radius 1 is 1.37 bits per heavy atom. The Morgan fingerprint density at radius 2 is 2.11 bits per heavy atom. The molecule has 1 heterocycles. The first-order valence-electron chi connectivity index (χ1n) is 5.46. The third-order valence-corrected chi connectivity index (χ3v) is 4.20. The second-order valence-corrected chi connectivity index (χ2v) is 5.71. The first kappa shape index (κ1) is 14.4. The lowest BCUT2D eigenvalue weighted by molar-refractivity contribution is 0.102. The second-order valence-electron chi connectivity index (χ2n) is 3.92. The van der Waals surface area contributed by atoms with Crippen LogP contribution in [0.3, 0.4) is 0 Å². The normalized spacial score (nSPS) is 10.7. The van der Waals surface area contributed by atoms with Gasteiger partial charge < -0.3 is 4.57 Å². The predicted molar refractivity (Wildman–Crippen MR) is 77.3 cm³/mol. The highest BCUT2D eigenvalue weighted by Crippen LogP contribution is 2.24. The van der Waals surface area contributed by atoms with Gasteiger partial charge >= 0.3 is 0 Å². The molecule has 2 rings (SSSR count). The summed E-state index contributed by atoms with van der Waals surface area (Å²) in [6.07, 6.45) is 0. The monoisotopic (exact) mass is 315 g/mol. The summed E-state index contributed by atoms with van der Waals surface area (Å²) in [6.45, 7) is 1.85. The number of aromatic nitrogens is 3. The minimum Gasteiger partial charge on any atom is -0.309 e. The minimum atomic E-state index is -0.0850. The topological polar surface area (TPSA) is 47.8 Å². The largest absolute Gasteiger partial charge is 0.309 e. The highest BCUT2D eigenvalue weighted by molar-refractivity contribution is 7.99. The Hall–Kier alpha value is -1.04. The maximum atomic E-state index is 12.1. The zero-order valence-corrected chi connectivity index (χ0v) is 12.7. The fourth-order valence-electron chi connectivity index (χ4n) is 1.43. The van der Waals surface area contributed by atoms with Crippen molar-refractivity contribution in [1.82, 2.24) is 14.8 Å². The van der Waals surface area contributed by atoms with Crippen molar-refractivity contribution in [3.63, 3.8) is 0 Å². The number of hydrogen-bond acceptors (Lipinski definition) is 4. The molecule has 0 unspecified atom stereocenters. The lowest BCUT2D eigenvalue weighted by atomic mass is 10.1. The van der Waals surface area contributed by atoms with Crippen LogP contribution in [0.5, 0.6) is 0 Å². The van der Waals surface area contributed by atoms with Crippen molar-refractivity contribution in [3.05, 3.63) is 39.6 Å². The standard InChI is InChI=1S/C12H11Cl2N3OS/c1-7-15-16-12(17(7)2)19-6-11(18)9-5-8(13)3-4-10(9)14/h3-5H,6H2,1-2H3. The Bertz CT molecular complexity index is 627. The number of carbonyl (C=O) groups excluding carboxylic acids is 1. The zero-order chi connectivity index (χ0) is 14.0. The number of rotatable bonds is 4. The SMILES string of the molecule is Cc1nnc(SCC(=O)c2cc(Cl)ccc2Cl)n1C. The summed E-state index contributed by atoms with van der Waals surface area (Å²) < 4.78 is 1.83. The molecule has 0 fully saturated rings. The van der Waals surface area contributed by atoms with Gasteiger partial charge in [0.25, 0.3) is 0 Å². The number of halogens is 2. The maximum Gasteiger partial charge on any atom is 0.191 e. The summed E-state index contributed by atoms with van der Waals surface area (Å²) in [4.78, 5) is 12.1. The lowest BCUT2D eigenvalue weighted by Gasteiger charge is -2.04. The van der Waals surface area contributed by atoms with Crippen LogP contribution in [-0.2, 0) is 7.05 Å². The molecule has 7 heteroatoms. The van der Waals surface area contributed by atoms with E-state index in [1.165, 1.54) is 11.8 Å². The van der Waals surface area contributed by atoms with Gasteiger partial charge in [-0.15, -0.1) is 10.2 Å². The van der Waals surface area contributed by atoms with E-state index in [0.29, 0.717) is 20.8 Å². The van der Waals surface area contributed by atoms with Gasteiger partial charge in [0.1, 0.15) is 5.82 Å². The van der Waals surface area contributed by atoms with E-state index in [1.54, 1.807) is 18.2 Å². The molecule has 0 aliphatic carbocycles. The number of carbonyl (C=O) groups is 1. The van der Waals surface area contributed by atoms with E-state index in [-0.39, 0.29) is 11.5 Å². The number of hydrogen-bond donors (Lipinski definition) is 0. The molecule has 1 aromatic carbocycles. The Labute approximate surface area is 125 Å². The van der Waals surface area contributed by atoms with E-state index in [2.05, 4.69) is 10.2 Å². The van der Waals surface area contributed by atoms with Crippen LogP contribution in [0, 0.1) is 6.92 Å². The number of Topliss-reactive ketones (excluding diaryl/α,β-unsaturated/α-hetero) is 1. The molecule has 0 saturated heterocycles. The first-order valence-corrected chi connectivity index (χ1v) is 7.20. The molecule has 4 nitrogen and oxygen atoms in total. The fourth-order valence-corrected chi connectivity index (χ4v) is 2.67. The van der Waals surface area contributed by atoms with E-state index < -0.39 is 0 Å². The summed E-state index contributed by atoms with van der Waals surface area (Å²) in [7, 11) is 1.86. The van der Waals surface area contributed by atoms with Crippen LogP contribution in [-0.4, -0.2) is 26.3 Å². The van der Waals surface area contributed by atoms with Gasteiger partial charge in [-0.25, -0.2) is 0 Å². The minimum absolute atomic E-state index is 0.0850. The quantitative estimate of drug-likeness (QED) is 0.641. The lowest BCUT2D eigenvalue weighted by Crippen LogP contribution is -2.04. The molecule has 100 valence electrons. The third kappa shape index (κ3) is 3.29. The van der Waals surface area contributed by atoms with Crippen LogP contribution in [0.15, 0.2) is 23.4 Å². The molecule has 0 aliphatic heterocycles. The van der Waals surface area contributed by atoms with Crippen molar-refractivity contribution < 1.29 is 4.79 Å². The van der Waals surface area contributed by atoms with Crippen molar-refractivity contribution >= 4 is 40.7 Å². The summed E-state index contributed by atoms with van der Waals surface area (Å²) in [5.41, 5.74) is 0.431. The smallest absolute Gasteiger partial charge is 0.191 e. The van der Waals surface area contributed by atoms with Crippen LogP contribution in [0.4, 0.5) is 0 Å². The summed E-state index contributed by atoms with van der Waals surface area (Å²) in [6, 6.07) is 4.85. The fraction of sp³-hybridized carbons (Fsp3) is 0.250. The Kier molecular flexibility index (Phi) is 4.50. The summed E-state index contributed by atoms with van der Waals surface area (Å²) >= 11 is 13.2. The van der Waals surface area contributed by atoms with Gasteiger partial charge in [0.15, 0.2) is 10.9 Å². The molecule has 1 aromatic heterocycles. The van der Waals surface area contributed by atoms with Gasteiger partial charge in [-0.2, -0.15) is 0 Å². The number of benzene rings is 1. The molecule has 0 spiro atoms. The zero-order valence-electron chi connectivity index (χ0n) is 10.4. The van der Waals surface area contributed by atoms with Crippen molar-refractivity contribution in [1.29, 1.82) is 0 Å². The molecule has 0 radical (unpaired) electrons. The number of aryl methyl sites for hydroxylation is 1. The molecule has 0 amide bonds. The molecule has 0 saturated carbocycles. The number of thioether (sulfide) groups is 1. The number of nitrogens with zero attached hydrogens (tertiary/aromatic N) is 3. The number of ketones is 1. The van der Waals surface area contributed by atoms with Crippen LogP contribution in [0.2, 0.25) is 10.0 Å². The molecule has 2 aromatic rings. The van der Waals surface area contributed by atoms with Gasteiger partial charge in [-0.05, 0) is 25.1 Å². The van der Waals surface area contributed by atoms with Crippen molar-refractivity contribution in [2.75, 3.05) is 5.75 Å². The van der Waals surface area contributed by atoms with Crippen LogP contribution in [0.1, 0.15) is 16.2 Å². The highest BCUT2D eigenvalue weighted by atomic mass is 35.5. The van der Waals surface area contributed by atoms with E-state index in [9.17, 15) is 4.79 Å². The molecular formula is C12H11Cl2N3OS. The Morgan fingerprint density at radius 3 is 2.74 bits per heavy atom. The molecular weight excluding hydrogens is 305 g/mol. The van der Waals surface area contributed by atoms with Crippen LogP contribution >= 0.6 is 35.0 Å². The summed E-state index contributed by atoms with van der Waals surface area (Å²) in [5.74, 6) is 0.959. The van der Waals surface area contributed by atoms with Gasteiger partial charge in [0.05, 0.1) is 10.8 Å². The highest BCUT2D eigenvalue weighted by Gasteiger charge is 2.14. The van der Waals surface area contributed by atoms with Crippen LogP contribution in [0.25, 0.3) is 0 Å². The van der Waals surface area contributed by atoms with Crippen molar-refractivity contribution in [2.24, 2.45) is 7.05 Å². The third-order valence-electron chi connectivity index (χ3n) is 2.61. The van der Waals surface area contributed by atoms with Gasteiger partial charge in [0.2, 0.25) is 0 Å². The molecule has 0 atom stereocenters. The van der Waals surface area contributed by atoms with Crippen molar-refractivity contribution in [3.8, 4) is 0 Å². The van der Waals surface area contributed by atoms with E-state index in [0.717, 1.165) is 5.82 Å². The molecule has 0 bridgehead atoms. The van der Waals surface area contributed by atoms with E-state index in [4.69, 9.17) is 23.2 Å². The average Bonchev–Trinajstić information content (AvgIpc) is 2.70. The van der Waals surface area contributed by atoms with Gasteiger partial charge in [-0.1, -0.05) is 35.0 Å². The second kappa shape index (κ2) is 5.94. The molecule has 0 N–H and O–H groups in total. The van der Waals surface area contributed by atoms with Crippen LogP contribution < -0.4 is 0 Å². The average molecular weight is 316 g/mol. The first-order chi connectivity index (χ1) is 8.99. The van der Waals surface area contributed by atoms with Crippen molar-refractivity contribution in [2.45, 2.75) is 12.1 Å². The van der Waals surface area contributed by atoms with E-state index >= 15 is 0 Å². The Balaban J connectivity index is 2.09. The maximum absolute atomic E-state index is 12.1. The molecule has 19 heavy (non-hydrogen) atoms. The predicted octanol–water partition coefficient (Wildman–Crippen LogP) is 3.41. The van der Waals surface area contributed by atoms with E-state index in [1.807, 2.05) is 18.5 Å². The van der Waals surface area contributed by atoms with Gasteiger partial charge in [0, 0.05) is 17.6 Å². The van der Waals surface area contributed by atoms with Gasteiger partial charge in [-0.3, -0.25) is 4.79 Å².